The minimum atomic E-state index is -3.68. The van der Waals surface area contributed by atoms with Gasteiger partial charge >= 0.3 is 0 Å². The summed E-state index contributed by atoms with van der Waals surface area (Å²) in [5.41, 5.74) is 2.28. The van der Waals surface area contributed by atoms with Gasteiger partial charge in [-0.2, -0.15) is 0 Å². The van der Waals surface area contributed by atoms with E-state index in [1.165, 1.54) is 23.6 Å². The number of hydrazine groups is 1. The Hall–Kier alpha value is -1.26. The number of pyridine rings is 1. The maximum absolute atomic E-state index is 12.2. The van der Waals surface area contributed by atoms with Crippen LogP contribution >= 0.6 is 22.9 Å². The molecule has 0 aliphatic heterocycles. The lowest BCUT2D eigenvalue weighted by atomic mass is 10.2. The first kappa shape index (κ1) is 16.1. The second-order valence-corrected chi connectivity index (χ2v) is 7.37. The van der Waals surface area contributed by atoms with Crippen molar-refractivity contribution in [2.75, 3.05) is 12.0 Å². The molecule has 2 rings (SSSR count). The first-order valence-corrected chi connectivity index (χ1v) is 8.69. The molecule has 2 aromatic heterocycles. The second-order valence-electron chi connectivity index (χ2n) is 4.27. The zero-order valence-electron chi connectivity index (χ0n) is 11.1. The van der Waals surface area contributed by atoms with Gasteiger partial charge in [-0.15, -0.1) is 11.3 Å². The highest BCUT2D eigenvalue weighted by Gasteiger charge is 2.18. The van der Waals surface area contributed by atoms with Crippen molar-refractivity contribution in [2.24, 2.45) is 5.84 Å². The van der Waals surface area contributed by atoms with Crippen LogP contribution < -0.4 is 16.0 Å². The number of nitrogens with zero attached hydrogens (tertiary/aromatic N) is 2. The predicted molar refractivity (Wildman–Crippen MR) is 82.8 cm³/mol. The van der Waals surface area contributed by atoms with Crippen LogP contribution in [0.4, 0.5) is 5.82 Å². The number of nitrogens with two attached hydrogens (primary N) is 1. The molecule has 0 fully saturated rings. The third kappa shape index (κ3) is 3.89. The number of nitrogen functional groups attached to an aromatic ring is 1. The minimum absolute atomic E-state index is 0.0159. The molecule has 0 saturated carbocycles. The van der Waals surface area contributed by atoms with Gasteiger partial charge in [-0.05, 0) is 6.07 Å². The summed E-state index contributed by atoms with van der Waals surface area (Å²) in [5, 5.41) is 2.85. The largest absolute Gasteiger partial charge is 0.307 e. The number of nitrogens with one attached hydrogen (secondary N) is 2. The number of anilines is 1. The minimum Gasteiger partial charge on any atom is -0.307 e. The molecular formula is C11H14ClN5O2S2. The number of thiazole rings is 1. The van der Waals surface area contributed by atoms with Crippen molar-refractivity contribution in [3.05, 3.63) is 33.9 Å². The molecule has 0 aliphatic carbocycles. The molecule has 0 aliphatic rings. The van der Waals surface area contributed by atoms with Crippen LogP contribution in [0.25, 0.3) is 0 Å². The van der Waals surface area contributed by atoms with E-state index in [1.54, 1.807) is 6.20 Å². The summed E-state index contributed by atoms with van der Waals surface area (Å²) in [6, 6.07) is 1.29. The van der Waals surface area contributed by atoms with Crippen molar-refractivity contribution in [3.8, 4) is 0 Å². The van der Waals surface area contributed by atoms with E-state index in [0.717, 1.165) is 5.01 Å². The van der Waals surface area contributed by atoms with Gasteiger partial charge in [0.25, 0.3) is 0 Å². The number of hydrogen-bond donors (Lipinski definition) is 3. The van der Waals surface area contributed by atoms with Gasteiger partial charge in [0.1, 0.15) is 4.90 Å². The van der Waals surface area contributed by atoms with E-state index in [1.807, 2.05) is 12.3 Å². The first-order valence-electron chi connectivity index (χ1n) is 5.95. The zero-order chi connectivity index (χ0) is 15.5. The van der Waals surface area contributed by atoms with Gasteiger partial charge in [0.15, 0.2) is 5.82 Å². The molecule has 4 N–H and O–H groups in total. The van der Waals surface area contributed by atoms with Crippen LogP contribution in [0.5, 0.6) is 0 Å². The van der Waals surface area contributed by atoms with Crippen molar-refractivity contribution in [1.29, 1.82) is 0 Å². The van der Waals surface area contributed by atoms with Crippen molar-refractivity contribution in [1.82, 2.24) is 14.7 Å². The summed E-state index contributed by atoms with van der Waals surface area (Å²) in [5.74, 6) is 5.39. The predicted octanol–water partition coefficient (Wildman–Crippen LogP) is 1.56. The molecule has 114 valence electrons. The zero-order valence-corrected chi connectivity index (χ0v) is 13.5. The Morgan fingerprint density at radius 3 is 2.81 bits per heavy atom. The van der Waals surface area contributed by atoms with E-state index in [2.05, 4.69) is 20.1 Å². The Morgan fingerprint density at radius 1 is 1.48 bits per heavy atom. The van der Waals surface area contributed by atoms with Crippen molar-refractivity contribution < 1.29 is 8.42 Å². The molecule has 0 bridgehead atoms. The SMILES string of the molecule is CC(CNS(=O)(=O)c1cnc(NN)c(Cl)c1)c1nccs1. The third-order valence-corrected chi connectivity index (χ3v) is 5.40. The molecule has 0 saturated heterocycles. The summed E-state index contributed by atoms with van der Waals surface area (Å²) < 4.78 is 26.9. The van der Waals surface area contributed by atoms with Crippen molar-refractivity contribution in [2.45, 2.75) is 17.7 Å². The van der Waals surface area contributed by atoms with E-state index >= 15 is 0 Å². The number of hydrogen-bond acceptors (Lipinski definition) is 7. The lowest BCUT2D eigenvalue weighted by Gasteiger charge is -2.11. The molecule has 0 radical (unpaired) electrons. The van der Waals surface area contributed by atoms with Crippen molar-refractivity contribution in [3.63, 3.8) is 0 Å². The van der Waals surface area contributed by atoms with Crippen LogP contribution in [0.3, 0.4) is 0 Å². The topological polar surface area (TPSA) is 110 Å². The highest BCUT2D eigenvalue weighted by atomic mass is 35.5. The van der Waals surface area contributed by atoms with Gasteiger partial charge in [0, 0.05) is 30.2 Å². The second kappa shape index (κ2) is 6.67. The highest BCUT2D eigenvalue weighted by molar-refractivity contribution is 7.89. The molecule has 10 heteroatoms. The average molecular weight is 348 g/mol. The van der Waals surface area contributed by atoms with Crippen LogP contribution in [-0.2, 0) is 10.0 Å². The molecule has 0 aromatic carbocycles. The van der Waals surface area contributed by atoms with E-state index < -0.39 is 10.0 Å². The fraction of sp³-hybridized carbons (Fsp3) is 0.273. The molecule has 2 aromatic rings. The van der Waals surface area contributed by atoms with Gasteiger partial charge in [-0.1, -0.05) is 18.5 Å². The van der Waals surface area contributed by atoms with Crippen LogP contribution in [0, 0.1) is 0 Å². The fourth-order valence-electron chi connectivity index (χ4n) is 1.56. The van der Waals surface area contributed by atoms with Gasteiger partial charge < -0.3 is 5.43 Å². The fourth-order valence-corrected chi connectivity index (χ4v) is 3.64. The van der Waals surface area contributed by atoms with Crippen LogP contribution in [-0.4, -0.2) is 24.9 Å². The summed E-state index contributed by atoms with van der Waals surface area (Å²) >= 11 is 7.36. The van der Waals surface area contributed by atoms with Crippen LogP contribution in [0.1, 0.15) is 17.8 Å². The Morgan fingerprint density at radius 2 is 2.24 bits per heavy atom. The number of rotatable bonds is 6. The summed E-state index contributed by atoms with van der Waals surface area (Å²) in [6.07, 6.45) is 2.88. The van der Waals surface area contributed by atoms with Gasteiger partial charge in [-0.3, -0.25) is 0 Å². The smallest absolute Gasteiger partial charge is 0.242 e. The number of halogens is 1. The van der Waals surface area contributed by atoms with E-state index in [-0.39, 0.29) is 28.2 Å². The summed E-state index contributed by atoms with van der Waals surface area (Å²) in [7, 11) is -3.68. The maximum atomic E-state index is 12.2. The molecule has 2 heterocycles. The summed E-state index contributed by atoms with van der Waals surface area (Å²) in [6.45, 7) is 2.14. The molecule has 21 heavy (non-hydrogen) atoms. The highest BCUT2D eigenvalue weighted by Crippen LogP contribution is 2.22. The van der Waals surface area contributed by atoms with E-state index in [4.69, 9.17) is 17.4 Å². The third-order valence-electron chi connectivity index (χ3n) is 2.72. The maximum Gasteiger partial charge on any atom is 0.242 e. The molecule has 0 amide bonds. The Labute approximate surface area is 131 Å². The molecule has 7 nitrogen and oxygen atoms in total. The Balaban J connectivity index is 2.10. The van der Waals surface area contributed by atoms with Crippen molar-refractivity contribution >= 4 is 38.8 Å². The normalized spacial score (nSPS) is 13.1. The average Bonchev–Trinajstić information content (AvgIpc) is 2.99. The lowest BCUT2D eigenvalue weighted by Crippen LogP contribution is -2.28. The lowest BCUT2D eigenvalue weighted by molar-refractivity contribution is 0.574. The molecule has 0 spiro atoms. The van der Waals surface area contributed by atoms with Gasteiger partial charge in [-0.25, -0.2) is 29.0 Å². The monoisotopic (exact) mass is 347 g/mol. The molecule has 1 atom stereocenters. The van der Waals surface area contributed by atoms with E-state index in [9.17, 15) is 8.42 Å². The Bertz CT molecular complexity index is 705. The number of sulfonamides is 1. The number of aromatic nitrogens is 2. The van der Waals surface area contributed by atoms with E-state index in [0.29, 0.717) is 0 Å². The van der Waals surface area contributed by atoms with Crippen LogP contribution in [0.2, 0.25) is 5.02 Å². The van der Waals surface area contributed by atoms with Gasteiger partial charge in [0.2, 0.25) is 10.0 Å². The quantitative estimate of drug-likeness (QED) is 0.540. The Kier molecular flexibility index (Phi) is 5.12. The van der Waals surface area contributed by atoms with Gasteiger partial charge in [0.05, 0.1) is 10.0 Å². The first-order chi connectivity index (χ1) is 9.94. The molecule has 1 unspecified atom stereocenters. The standard InChI is InChI=1S/C11H14ClN5O2S2/c1-7(11-14-2-3-20-11)5-16-21(18,19)8-4-9(12)10(17-13)15-6-8/h2-4,6-7,16H,5,13H2,1H3,(H,15,17). The van der Waals surface area contributed by atoms with Crippen LogP contribution in [0.15, 0.2) is 28.7 Å². The summed E-state index contributed by atoms with van der Waals surface area (Å²) in [4.78, 5) is 7.98. The molecular weight excluding hydrogens is 334 g/mol.